The van der Waals surface area contributed by atoms with Crippen molar-refractivity contribution in [3.63, 3.8) is 0 Å². The Kier molecular flexibility index (Phi) is 7.45. The maximum Gasteiger partial charge on any atom is 0.0620 e. The normalized spacial score (nSPS) is 12.5. The van der Waals surface area contributed by atoms with Crippen molar-refractivity contribution in [2.24, 2.45) is 0 Å². The molecule has 0 fully saturated rings. The van der Waals surface area contributed by atoms with Gasteiger partial charge in [0.2, 0.25) is 0 Å². The van der Waals surface area contributed by atoms with E-state index in [4.69, 9.17) is 0 Å². The maximum absolute atomic E-state index is 2.53. The Morgan fingerprint density at radius 3 is 1.51 bits per heavy atom. The van der Waals surface area contributed by atoms with Gasteiger partial charge in [-0.1, -0.05) is 159 Å². The molecule has 15 rings (SSSR count). The van der Waals surface area contributed by atoms with E-state index in [1.54, 1.807) is 0 Å². The van der Waals surface area contributed by atoms with Crippen LogP contribution in [0.25, 0.3) is 142 Å². The quantitative estimate of drug-likeness (QED) is 0.163. The van der Waals surface area contributed by atoms with Gasteiger partial charge in [0.15, 0.2) is 0 Å². The third-order valence-corrected chi connectivity index (χ3v) is 15.1. The minimum absolute atomic E-state index is 0.486. The molecule has 0 radical (unpaired) electrons. The number of fused-ring (bicyclic) bond motifs is 14. The van der Waals surface area contributed by atoms with E-state index >= 15 is 0 Å². The Hall–Kier alpha value is -8.46. The highest BCUT2D eigenvalue weighted by Gasteiger charge is 2.23. The van der Waals surface area contributed by atoms with Crippen LogP contribution in [-0.4, -0.2) is 8.80 Å². The van der Waals surface area contributed by atoms with Gasteiger partial charge in [-0.25, -0.2) is 0 Å². The molecule has 0 spiro atoms. The zero-order valence-corrected chi connectivity index (χ0v) is 37.2. The molecular formula is C65H42N2. The minimum atomic E-state index is 0.486. The average Bonchev–Trinajstić information content (AvgIpc) is 4.10. The van der Waals surface area contributed by atoms with Gasteiger partial charge in [-0.2, -0.15) is 0 Å². The van der Waals surface area contributed by atoms with Crippen molar-refractivity contribution < 1.29 is 0 Å². The number of rotatable bonds is 5. The Morgan fingerprint density at radius 1 is 0.269 bits per heavy atom. The predicted octanol–water partition coefficient (Wildman–Crippen LogP) is 18.1. The van der Waals surface area contributed by atoms with Crippen molar-refractivity contribution in [2.75, 3.05) is 0 Å². The van der Waals surface area contributed by atoms with Crippen LogP contribution in [0, 0.1) is 0 Å². The molecule has 0 saturated heterocycles. The van der Waals surface area contributed by atoms with Gasteiger partial charge in [0.25, 0.3) is 0 Å². The molecule has 0 aliphatic heterocycles. The van der Waals surface area contributed by atoms with Crippen LogP contribution in [0.2, 0.25) is 0 Å². The molecule has 4 aromatic heterocycles. The number of aromatic nitrogens is 2. The first-order valence-electron chi connectivity index (χ1n) is 23.6. The second-order valence-corrected chi connectivity index (χ2v) is 19.1. The lowest BCUT2D eigenvalue weighted by atomic mass is 9.92. The molecule has 0 saturated carbocycles. The standard InChI is InChI=1S/C65H42N2/c1-38(2)39-23-25-40(26-24-39)46-31-57-53-30-45(27-28-61(53)67-62-35-43-16-7-6-15-42(43)29-54(62)58(32-46)65(57)67)49-21-12-17-44-36-63-55(37-52(44)49)59-34-47(33-56-51-20-10-11-22-60(51)66(63)64(56)59)50-19-9-8-18-48(50)41-13-4-3-5-14-41/h3-38H,1-2H3. The molecule has 2 heteroatoms. The summed E-state index contributed by atoms with van der Waals surface area (Å²) in [6.45, 7) is 4.53. The summed E-state index contributed by atoms with van der Waals surface area (Å²) in [5.74, 6) is 0.486. The summed E-state index contributed by atoms with van der Waals surface area (Å²) in [4.78, 5) is 0. The van der Waals surface area contributed by atoms with E-state index in [0.717, 1.165) is 0 Å². The van der Waals surface area contributed by atoms with Gasteiger partial charge in [0.1, 0.15) is 0 Å². The molecule has 0 aliphatic rings. The first-order chi connectivity index (χ1) is 33.0. The molecular weight excluding hydrogens is 809 g/mol. The maximum atomic E-state index is 2.53. The van der Waals surface area contributed by atoms with Gasteiger partial charge in [0, 0.05) is 43.1 Å². The van der Waals surface area contributed by atoms with E-state index in [2.05, 4.69) is 235 Å². The summed E-state index contributed by atoms with van der Waals surface area (Å²) in [5, 5.41) is 15.3. The Balaban J connectivity index is 0.983. The highest BCUT2D eigenvalue weighted by atomic mass is 14.9. The number of hydrogen-bond acceptors (Lipinski definition) is 0. The van der Waals surface area contributed by atoms with E-state index in [1.807, 2.05) is 0 Å². The topological polar surface area (TPSA) is 8.82 Å². The van der Waals surface area contributed by atoms with E-state index in [1.165, 1.54) is 148 Å². The van der Waals surface area contributed by atoms with E-state index in [9.17, 15) is 0 Å². The molecule has 312 valence electrons. The average molecular weight is 851 g/mol. The highest BCUT2D eigenvalue weighted by Crippen LogP contribution is 2.47. The molecule has 4 heterocycles. The summed E-state index contributed by atoms with van der Waals surface area (Å²) in [6.07, 6.45) is 0. The van der Waals surface area contributed by atoms with Gasteiger partial charge in [-0.3, -0.25) is 0 Å². The molecule has 11 aromatic carbocycles. The van der Waals surface area contributed by atoms with E-state index in [0.29, 0.717) is 5.92 Å². The van der Waals surface area contributed by atoms with Crippen LogP contribution in [0.5, 0.6) is 0 Å². The van der Waals surface area contributed by atoms with Crippen molar-refractivity contribution in [3.8, 4) is 44.5 Å². The molecule has 67 heavy (non-hydrogen) atoms. The lowest BCUT2D eigenvalue weighted by molar-refractivity contribution is 0.867. The van der Waals surface area contributed by atoms with Crippen LogP contribution in [0.1, 0.15) is 25.3 Å². The lowest BCUT2D eigenvalue weighted by Gasteiger charge is -2.11. The van der Waals surface area contributed by atoms with Gasteiger partial charge in [-0.15, -0.1) is 0 Å². The fourth-order valence-corrected chi connectivity index (χ4v) is 11.9. The second-order valence-electron chi connectivity index (χ2n) is 19.1. The number of hydrogen-bond donors (Lipinski definition) is 0. The molecule has 0 N–H and O–H groups in total. The van der Waals surface area contributed by atoms with Gasteiger partial charge < -0.3 is 8.80 Å². The molecule has 0 aliphatic carbocycles. The van der Waals surface area contributed by atoms with Crippen LogP contribution in [-0.2, 0) is 0 Å². The van der Waals surface area contributed by atoms with Crippen molar-refractivity contribution in [1.82, 2.24) is 8.80 Å². The Bertz CT molecular complexity index is 4510. The summed E-state index contributed by atoms with van der Waals surface area (Å²) in [5.41, 5.74) is 18.8. The van der Waals surface area contributed by atoms with Crippen LogP contribution < -0.4 is 0 Å². The number of nitrogens with zero attached hydrogens (tertiary/aromatic N) is 2. The van der Waals surface area contributed by atoms with E-state index in [-0.39, 0.29) is 0 Å². The minimum Gasteiger partial charge on any atom is -0.308 e. The van der Waals surface area contributed by atoms with Crippen molar-refractivity contribution in [2.45, 2.75) is 19.8 Å². The number of benzene rings is 11. The summed E-state index contributed by atoms with van der Waals surface area (Å²) >= 11 is 0. The SMILES string of the molecule is CC(C)c1ccc(-c2cc3c4cc(-c5cccc6cc7c(cc56)c5cc(-c6ccccc6-c6ccccc6)cc6c8ccccc8n7c65)ccc4n4c5cc6ccccc6cc5c(c2)c34)cc1. The summed E-state index contributed by atoms with van der Waals surface area (Å²) in [7, 11) is 0. The van der Waals surface area contributed by atoms with Crippen LogP contribution in [0.15, 0.2) is 212 Å². The zero-order valence-electron chi connectivity index (χ0n) is 37.2. The van der Waals surface area contributed by atoms with Crippen LogP contribution in [0.4, 0.5) is 0 Å². The summed E-state index contributed by atoms with van der Waals surface area (Å²) in [6, 6.07) is 80.1. The van der Waals surface area contributed by atoms with Crippen molar-refractivity contribution in [1.29, 1.82) is 0 Å². The molecule has 0 unspecified atom stereocenters. The first-order valence-corrected chi connectivity index (χ1v) is 23.6. The lowest BCUT2D eigenvalue weighted by Crippen LogP contribution is -1.87. The van der Waals surface area contributed by atoms with Gasteiger partial charge in [-0.05, 0) is 144 Å². The molecule has 2 nitrogen and oxygen atoms in total. The van der Waals surface area contributed by atoms with Gasteiger partial charge >= 0.3 is 0 Å². The van der Waals surface area contributed by atoms with E-state index < -0.39 is 0 Å². The first kappa shape index (κ1) is 36.8. The smallest absolute Gasteiger partial charge is 0.0620 e. The Labute approximate surface area is 386 Å². The van der Waals surface area contributed by atoms with Crippen LogP contribution >= 0.6 is 0 Å². The zero-order chi connectivity index (χ0) is 44.1. The van der Waals surface area contributed by atoms with Crippen molar-refractivity contribution in [3.05, 3.63) is 218 Å². The molecule has 15 aromatic rings. The fraction of sp³-hybridized carbons (Fsp3) is 0.0462. The molecule has 0 amide bonds. The van der Waals surface area contributed by atoms with Gasteiger partial charge in [0.05, 0.1) is 33.1 Å². The largest absolute Gasteiger partial charge is 0.308 e. The third-order valence-electron chi connectivity index (χ3n) is 15.1. The summed E-state index contributed by atoms with van der Waals surface area (Å²) < 4.78 is 5.04. The molecule has 0 bridgehead atoms. The third kappa shape index (κ3) is 5.16. The monoisotopic (exact) mass is 850 g/mol. The highest BCUT2D eigenvalue weighted by molar-refractivity contribution is 6.28. The second kappa shape index (κ2) is 13.5. The Morgan fingerprint density at radius 2 is 0.776 bits per heavy atom. The number of para-hydroxylation sites is 1. The van der Waals surface area contributed by atoms with Crippen LogP contribution in [0.3, 0.4) is 0 Å². The fourth-order valence-electron chi connectivity index (χ4n) is 11.9. The van der Waals surface area contributed by atoms with Crippen molar-refractivity contribution >= 4 is 97.7 Å². The molecule has 0 atom stereocenters. The predicted molar refractivity (Wildman–Crippen MR) is 287 cm³/mol.